The van der Waals surface area contributed by atoms with Crippen molar-refractivity contribution in [3.63, 3.8) is 0 Å². The highest BCUT2D eigenvalue weighted by Crippen LogP contribution is 2.41. The Kier molecular flexibility index (Phi) is 4.47. The SMILES string of the molecule is CNC(CO)(CSc1ccc(Br)cn1)C1CC1. The number of aliphatic hydroxyl groups excluding tert-OH is 1. The van der Waals surface area contributed by atoms with Crippen molar-refractivity contribution < 1.29 is 5.11 Å². The Bertz CT molecular complexity index is 363. The second kappa shape index (κ2) is 5.69. The average Bonchev–Trinajstić information content (AvgIpc) is 3.18. The van der Waals surface area contributed by atoms with Crippen LogP contribution in [0.5, 0.6) is 0 Å². The summed E-state index contributed by atoms with van der Waals surface area (Å²) in [6.07, 6.45) is 4.24. The van der Waals surface area contributed by atoms with Crippen LogP contribution in [0.25, 0.3) is 0 Å². The lowest BCUT2D eigenvalue weighted by atomic mass is 9.97. The van der Waals surface area contributed by atoms with Gasteiger partial charge < -0.3 is 10.4 Å². The van der Waals surface area contributed by atoms with Crippen molar-refractivity contribution in [1.29, 1.82) is 0 Å². The van der Waals surface area contributed by atoms with E-state index in [1.54, 1.807) is 18.0 Å². The van der Waals surface area contributed by atoms with Gasteiger partial charge in [0.05, 0.1) is 17.2 Å². The van der Waals surface area contributed by atoms with Crippen molar-refractivity contribution in [2.24, 2.45) is 5.92 Å². The summed E-state index contributed by atoms with van der Waals surface area (Å²) < 4.78 is 0.992. The third-order valence-corrected chi connectivity index (χ3v) is 4.98. The first-order chi connectivity index (χ1) is 8.20. The van der Waals surface area contributed by atoms with E-state index in [0.29, 0.717) is 5.92 Å². The smallest absolute Gasteiger partial charge is 0.0961 e. The third-order valence-electron chi connectivity index (χ3n) is 3.32. The molecule has 2 rings (SSSR count). The normalized spacial score (nSPS) is 19.0. The van der Waals surface area contributed by atoms with Gasteiger partial charge in [0.2, 0.25) is 0 Å². The van der Waals surface area contributed by atoms with E-state index in [-0.39, 0.29) is 12.1 Å². The maximum atomic E-state index is 9.61. The Morgan fingerprint density at radius 1 is 1.59 bits per heavy atom. The topological polar surface area (TPSA) is 45.1 Å². The molecule has 17 heavy (non-hydrogen) atoms. The number of halogens is 1. The first-order valence-electron chi connectivity index (χ1n) is 5.74. The Labute approximate surface area is 115 Å². The number of nitrogens with one attached hydrogen (secondary N) is 1. The fourth-order valence-electron chi connectivity index (χ4n) is 1.93. The summed E-state index contributed by atoms with van der Waals surface area (Å²) in [5.74, 6) is 1.47. The first kappa shape index (κ1) is 13.3. The minimum atomic E-state index is -0.139. The highest BCUT2D eigenvalue weighted by atomic mass is 79.9. The number of likely N-dealkylation sites (N-methyl/N-ethyl adjacent to an activating group) is 1. The van der Waals surface area contributed by atoms with Gasteiger partial charge in [-0.2, -0.15) is 0 Å². The maximum absolute atomic E-state index is 9.61. The molecule has 1 fully saturated rings. The molecule has 0 amide bonds. The molecule has 0 aliphatic heterocycles. The molecule has 1 aromatic rings. The van der Waals surface area contributed by atoms with Crippen LogP contribution in [0.4, 0.5) is 0 Å². The zero-order valence-corrected chi connectivity index (χ0v) is 12.2. The van der Waals surface area contributed by atoms with Gasteiger partial charge in [0.15, 0.2) is 0 Å². The summed E-state index contributed by atoms with van der Waals surface area (Å²) in [7, 11) is 1.93. The largest absolute Gasteiger partial charge is 0.394 e. The van der Waals surface area contributed by atoms with Crippen molar-refractivity contribution >= 4 is 27.7 Å². The molecule has 2 N–H and O–H groups in total. The van der Waals surface area contributed by atoms with Crippen LogP contribution in [0, 0.1) is 5.92 Å². The Morgan fingerprint density at radius 3 is 2.82 bits per heavy atom. The van der Waals surface area contributed by atoms with Crippen molar-refractivity contribution in [2.75, 3.05) is 19.4 Å². The number of hydrogen-bond donors (Lipinski definition) is 2. The summed E-state index contributed by atoms with van der Waals surface area (Å²) in [6.45, 7) is 0.192. The molecule has 1 heterocycles. The molecule has 1 aromatic heterocycles. The minimum absolute atomic E-state index is 0.139. The Morgan fingerprint density at radius 2 is 2.35 bits per heavy atom. The van der Waals surface area contributed by atoms with E-state index in [1.807, 2.05) is 19.2 Å². The molecule has 0 spiro atoms. The number of aromatic nitrogens is 1. The Hall–Kier alpha value is -0.100. The molecule has 0 radical (unpaired) electrons. The molecule has 0 bridgehead atoms. The molecule has 1 aliphatic rings. The van der Waals surface area contributed by atoms with Crippen LogP contribution < -0.4 is 5.32 Å². The summed E-state index contributed by atoms with van der Waals surface area (Å²) in [6, 6.07) is 3.99. The second-order valence-electron chi connectivity index (χ2n) is 4.44. The first-order valence-corrected chi connectivity index (χ1v) is 7.52. The van der Waals surface area contributed by atoms with E-state index in [1.165, 1.54) is 12.8 Å². The number of rotatable bonds is 6. The van der Waals surface area contributed by atoms with E-state index in [4.69, 9.17) is 0 Å². The van der Waals surface area contributed by atoms with Gasteiger partial charge in [-0.05, 0) is 53.9 Å². The van der Waals surface area contributed by atoms with E-state index in [0.717, 1.165) is 15.3 Å². The monoisotopic (exact) mass is 316 g/mol. The maximum Gasteiger partial charge on any atom is 0.0961 e. The van der Waals surface area contributed by atoms with Crippen LogP contribution in [0.2, 0.25) is 0 Å². The molecule has 1 saturated carbocycles. The lowest BCUT2D eigenvalue weighted by Crippen LogP contribution is -2.51. The lowest BCUT2D eigenvalue weighted by Gasteiger charge is -2.31. The van der Waals surface area contributed by atoms with E-state index in [9.17, 15) is 5.11 Å². The summed E-state index contributed by atoms with van der Waals surface area (Å²) in [5, 5.41) is 13.9. The Balaban J connectivity index is 1.97. The number of hydrogen-bond acceptors (Lipinski definition) is 4. The molecule has 1 aliphatic carbocycles. The molecule has 3 nitrogen and oxygen atoms in total. The van der Waals surface area contributed by atoms with E-state index >= 15 is 0 Å². The van der Waals surface area contributed by atoms with Crippen molar-refractivity contribution in [2.45, 2.75) is 23.4 Å². The molecule has 1 unspecified atom stereocenters. The standard InChI is InChI=1S/C12H17BrN2OS/c1-14-12(7-16,9-2-3-9)8-17-11-5-4-10(13)6-15-11/h4-6,9,14,16H,2-3,7-8H2,1H3. The lowest BCUT2D eigenvalue weighted by molar-refractivity contribution is 0.167. The molecule has 94 valence electrons. The van der Waals surface area contributed by atoms with Crippen LogP contribution in [0.1, 0.15) is 12.8 Å². The highest BCUT2D eigenvalue weighted by Gasteiger charge is 2.43. The number of pyridine rings is 1. The van der Waals surface area contributed by atoms with Gasteiger partial charge in [-0.1, -0.05) is 0 Å². The molecule has 0 saturated heterocycles. The summed E-state index contributed by atoms with van der Waals surface area (Å²) >= 11 is 5.07. The van der Waals surface area contributed by atoms with E-state index in [2.05, 4.69) is 26.2 Å². The third kappa shape index (κ3) is 3.22. The van der Waals surface area contributed by atoms with Crippen LogP contribution in [0.15, 0.2) is 27.8 Å². The van der Waals surface area contributed by atoms with Gasteiger partial charge in [0.25, 0.3) is 0 Å². The van der Waals surface area contributed by atoms with Crippen LogP contribution in [-0.2, 0) is 0 Å². The number of thioether (sulfide) groups is 1. The summed E-state index contributed by atoms with van der Waals surface area (Å²) in [4.78, 5) is 4.34. The summed E-state index contributed by atoms with van der Waals surface area (Å²) in [5.41, 5.74) is -0.139. The van der Waals surface area contributed by atoms with Gasteiger partial charge in [0, 0.05) is 16.4 Å². The average molecular weight is 317 g/mol. The molecular formula is C12H17BrN2OS. The predicted molar refractivity (Wildman–Crippen MR) is 74.3 cm³/mol. The molecular weight excluding hydrogens is 300 g/mol. The second-order valence-corrected chi connectivity index (χ2v) is 6.35. The van der Waals surface area contributed by atoms with Crippen molar-refractivity contribution in [3.8, 4) is 0 Å². The zero-order chi connectivity index (χ0) is 12.3. The number of nitrogens with zero attached hydrogens (tertiary/aromatic N) is 1. The number of aliphatic hydroxyl groups is 1. The molecule has 5 heteroatoms. The molecule has 0 aromatic carbocycles. The van der Waals surface area contributed by atoms with Gasteiger partial charge in [-0.25, -0.2) is 4.98 Å². The van der Waals surface area contributed by atoms with E-state index < -0.39 is 0 Å². The predicted octanol–water partition coefficient (Wildman–Crippen LogP) is 2.30. The van der Waals surface area contributed by atoms with Gasteiger partial charge in [0.1, 0.15) is 0 Å². The highest BCUT2D eigenvalue weighted by molar-refractivity contribution is 9.10. The fourth-order valence-corrected chi connectivity index (χ4v) is 3.34. The van der Waals surface area contributed by atoms with Crippen LogP contribution in [0.3, 0.4) is 0 Å². The van der Waals surface area contributed by atoms with Gasteiger partial charge >= 0.3 is 0 Å². The van der Waals surface area contributed by atoms with Gasteiger partial charge in [-0.15, -0.1) is 11.8 Å². The van der Waals surface area contributed by atoms with Crippen LogP contribution in [-0.4, -0.2) is 35.0 Å². The minimum Gasteiger partial charge on any atom is -0.394 e. The van der Waals surface area contributed by atoms with Crippen molar-refractivity contribution in [1.82, 2.24) is 10.3 Å². The van der Waals surface area contributed by atoms with Crippen LogP contribution >= 0.6 is 27.7 Å². The fraction of sp³-hybridized carbons (Fsp3) is 0.583. The quantitative estimate of drug-likeness (QED) is 0.790. The van der Waals surface area contributed by atoms with Gasteiger partial charge in [-0.3, -0.25) is 0 Å². The zero-order valence-electron chi connectivity index (χ0n) is 9.82. The van der Waals surface area contributed by atoms with Crippen molar-refractivity contribution in [3.05, 3.63) is 22.8 Å². The molecule has 1 atom stereocenters.